The average molecular weight is 486 g/mol. The first-order valence-electron chi connectivity index (χ1n) is 11.1. The molecule has 0 aromatic heterocycles. The third-order valence-corrected chi connectivity index (χ3v) is 7.88. The van der Waals surface area contributed by atoms with Crippen LogP contribution in [0.3, 0.4) is 0 Å². The van der Waals surface area contributed by atoms with Crippen LogP contribution >= 0.6 is 23.2 Å². The molecule has 2 aromatic carbocycles. The summed E-state index contributed by atoms with van der Waals surface area (Å²) in [5, 5.41) is 4.38. The lowest BCUT2D eigenvalue weighted by molar-refractivity contribution is -0.141. The van der Waals surface area contributed by atoms with Crippen LogP contribution in [-0.2, 0) is 26.5 Å². The topological polar surface area (TPSA) is 69.7 Å². The minimum absolute atomic E-state index is 0.215. The third-order valence-electron chi connectivity index (χ3n) is 7.14. The van der Waals surface area contributed by atoms with Gasteiger partial charge in [-0.3, -0.25) is 24.6 Å². The number of carbonyl (C=O) groups is 3. The highest BCUT2D eigenvalue weighted by atomic mass is 35.5. The van der Waals surface area contributed by atoms with E-state index < -0.39 is 17.4 Å². The van der Waals surface area contributed by atoms with E-state index in [1.807, 2.05) is 30.3 Å². The van der Waals surface area contributed by atoms with Crippen molar-refractivity contribution in [3.05, 3.63) is 63.6 Å². The van der Waals surface area contributed by atoms with Crippen LogP contribution in [0.25, 0.3) is 0 Å². The van der Waals surface area contributed by atoms with Crippen molar-refractivity contribution < 1.29 is 14.4 Å². The van der Waals surface area contributed by atoms with E-state index in [2.05, 4.69) is 19.2 Å². The van der Waals surface area contributed by atoms with Crippen molar-refractivity contribution in [1.29, 1.82) is 0 Å². The molecule has 0 radical (unpaired) electrons. The van der Waals surface area contributed by atoms with E-state index in [9.17, 15) is 14.4 Å². The SMILES string of the molecule is CC(C)C[C@@H]1N[C@]2(C(=O)N(Cc3ccc(Cl)c(Cl)c3)c3ccccc32)[C@H]2C(=O)N(C)C(=O)[C@@H]12. The number of nitrogens with zero attached hydrogens (tertiary/aromatic N) is 2. The second kappa shape index (κ2) is 7.83. The fraction of sp³-hybridized carbons (Fsp3) is 0.400. The van der Waals surface area contributed by atoms with Crippen molar-refractivity contribution in [1.82, 2.24) is 10.2 Å². The molecule has 3 heterocycles. The fourth-order valence-electron chi connectivity index (χ4n) is 5.78. The number of fused-ring (bicyclic) bond motifs is 4. The average Bonchev–Trinajstić information content (AvgIpc) is 3.31. The maximum Gasteiger partial charge on any atom is 0.253 e. The van der Waals surface area contributed by atoms with E-state index in [0.717, 1.165) is 16.8 Å². The van der Waals surface area contributed by atoms with E-state index in [1.54, 1.807) is 17.0 Å². The Labute approximate surface area is 202 Å². The molecule has 172 valence electrons. The summed E-state index contributed by atoms with van der Waals surface area (Å²) in [7, 11) is 1.52. The molecule has 0 unspecified atom stereocenters. The number of likely N-dealkylation sites (tertiary alicyclic amines) is 1. The van der Waals surface area contributed by atoms with Gasteiger partial charge >= 0.3 is 0 Å². The second-order valence-corrected chi connectivity index (χ2v) is 10.4. The van der Waals surface area contributed by atoms with Gasteiger partial charge < -0.3 is 4.90 Å². The smallest absolute Gasteiger partial charge is 0.253 e. The Bertz CT molecular complexity index is 1180. The Kier molecular flexibility index (Phi) is 5.31. The number of hydrogen-bond acceptors (Lipinski definition) is 4. The van der Waals surface area contributed by atoms with Crippen molar-refractivity contribution >= 4 is 46.6 Å². The van der Waals surface area contributed by atoms with Gasteiger partial charge in [0.2, 0.25) is 11.8 Å². The first-order chi connectivity index (χ1) is 15.7. The zero-order valence-corrected chi connectivity index (χ0v) is 20.2. The highest BCUT2D eigenvalue weighted by Crippen LogP contribution is 2.55. The highest BCUT2D eigenvalue weighted by Gasteiger charge is 2.71. The Balaban J connectivity index is 1.63. The van der Waals surface area contributed by atoms with Crippen molar-refractivity contribution in [3.8, 4) is 0 Å². The lowest BCUT2D eigenvalue weighted by Crippen LogP contribution is -2.54. The standard InChI is InChI=1S/C25H25Cl2N3O3/c1-13(2)10-18-20-21(23(32)29(3)22(20)31)25(28-18)15-6-4-5-7-19(15)30(24(25)33)12-14-8-9-16(26)17(27)11-14/h4-9,11,13,18,20-21,28H,10,12H2,1-3H3/t18-,20-,21+,25-/m0/s1. The molecule has 4 atom stereocenters. The monoisotopic (exact) mass is 485 g/mol. The Morgan fingerprint density at radius 3 is 2.45 bits per heavy atom. The Hall–Kier alpha value is -2.41. The van der Waals surface area contributed by atoms with Gasteiger partial charge in [0.15, 0.2) is 0 Å². The fourth-order valence-corrected chi connectivity index (χ4v) is 6.10. The highest BCUT2D eigenvalue weighted by molar-refractivity contribution is 6.42. The number of halogens is 2. The number of hydrogen-bond donors (Lipinski definition) is 1. The number of benzene rings is 2. The number of rotatable bonds is 4. The molecule has 2 saturated heterocycles. The quantitative estimate of drug-likeness (QED) is 0.664. The molecule has 3 amide bonds. The third kappa shape index (κ3) is 3.15. The van der Waals surface area contributed by atoms with Crippen molar-refractivity contribution in [2.75, 3.05) is 11.9 Å². The van der Waals surface area contributed by atoms with Gasteiger partial charge in [-0.05, 0) is 36.1 Å². The van der Waals surface area contributed by atoms with Crippen LogP contribution in [0.5, 0.6) is 0 Å². The molecular weight excluding hydrogens is 461 g/mol. The number of anilines is 1. The van der Waals surface area contributed by atoms with Gasteiger partial charge in [0, 0.05) is 24.3 Å². The normalized spacial score (nSPS) is 28.4. The van der Waals surface area contributed by atoms with Gasteiger partial charge in [-0.15, -0.1) is 0 Å². The molecule has 5 rings (SSSR count). The molecule has 6 nitrogen and oxygen atoms in total. The van der Waals surface area contributed by atoms with Crippen LogP contribution in [-0.4, -0.2) is 35.7 Å². The number of para-hydroxylation sites is 1. The summed E-state index contributed by atoms with van der Waals surface area (Å²) in [5.74, 6) is -1.77. The van der Waals surface area contributed by atoms with Crippen molar-refractivity contribution in [2.45, 2.75) is 38.4 Å². The molecule has 0 bridgehead atoms. The molecule has 0 aliphatic carbocycles. The van der Waals surface area contributed by atoms with E-state index >= 15 is 0 Å². The van der Waals surface area contributed by atoms with E-state index in [4.69, 9.17) is 23.2 Å². The first kappa shape index (κ1) is 22.4. The maximum atomic E-state index is 14.2. The molecule has 0 saturated carbocycles. The molecule has 8 heteroatoms. The summed E-state index contributed by atoms with van der Waals surface area (Å²) in [5.41, 5.74) is 1.03. The summed E-state index contributed by atoms with van der Waals surface area (Å²) in [6, 6.07) is 12.5. The zero-order valence-electron chi connectivity index (χ0n) is 18.6. The second-order valence-electron chi connectivity index (χ2n) is 9.58. The minimum Gasteiger partial charge on any atom is -0.306 e. The number of carbonyl (C=O) groups excluding carboxylic acids is 3. The molecule has 2 fully saturated rings. The molecule has 2 aromatic rings. The molecular formula is C25H25Cl2N3O3. The predicted octanol–water partition coefficient (Wildman–Crippen LogP) is 3.98. The van der Waals surface area contributed by atoms with Crippen LogP contribution in [0.15, 0.2) is 42.5 Å². The van der Waals surface area contributed by atoms with E-state index in [0.29, 0.717) is 22.4 Å². The van der Waals surface area contributed by atoms with Crippen LogP contribution in [0.1, 0.15) is 31.4 Å². The Morgan fingerprint density at radius 2 is 1.76 bits per heavy atom. The van der Waals surface area contributed by atoms with Gasteiger partial charge in [-0.2, -0.15) is 0 Å². The van der Waals surface area contributed by atoms with Gasteiger partial charge in [0.05, 0.1) is 28.4 Å². The van der Waals surface area contributed by atoms with Crippen molar-refractivity contribution in [2.24, 2.45) is 17.8 Å². The summed E-state index contributed by atoms with van der Waals surface area (Å²) in [6.45, 7) is 4.43. The molecule has 1 N–H and O–H groups in total. The largest absolute Gasteiger partial charge is 0.306 e. The zero-order chi connectivity index (χ0) is 23.7. The molecule has 33 heavy (non-hydrogen) atoms. The van der Waals surface area contributed by atoms with Crippen LogP contribution in [0, 0.1) is 17.8 Å². The van der Waals surface area contributed by atoms with Crippen LogP contribution in [0.2, 0.25) is 10.0 Å². The number of amides is 3. The molecule has 1 spiro atoms. The van der Waals surface area contributed by atoms with Crippen molar-refractivity contribution in [3.63, 3.8) is 0 Å². The minimum atomic E-state index is -1.27. The van der Waals surface area contributed by atoms with Crippen LogP contribution < -0.4 is 10.2 Å². The summed E-state index contributed by atoms with van der Waals surface area (Å²) in [6.07, 6.45) is 0.692. The summed E-state index contributed by atoms with van der Waals surface area (Å²) >= 11 is 12.3. The Morgan fingerprint density at radius 1 is 1.03 bits per heavy atom. The van der Waals surface area contributed by atoms with E-state index in [1.165, 1.54) is 11.9 Å². The van der Waals surface area contributed by atoms with Crippen LogP contribution in [0.4, 0.5) is 5.69 Å². The van der Waals surface area contributed by atoms with Gasteiger partial charge in [-0.25, -0.2) is 0 Å². The first-order valence-corrected chi connectivity index (χ1v) is 11.9. The predicted molar refractivity (Wildman–Crippen MR) is 127 cm³/mol. The number of nitrogens with one attached hydrogen (secondary N) is 1. The summed E-state index contributed by atoms with van der Waals surface area (Å²) < 4.78 is 0. The molecule has 3 aliphatic rings. The van der Waals surface area contributed by atoms with E-state index in [-0.39, 0.29) is 30.3 Å². The number of imide groups is 1. The molecule has 3 aliphatic heterocycles. The maximum absolute atomic E-state index is 14.2. The summed E-state index contributed by atoms with van der Waals surface area (Å²) in [4.78, 5) is 43.5. The van der Waals surface area contributed by atoms with Gasteiger partial charge in [0.25, 0.3) is 5.91 Å². The lowest BCUT2D eigenvalue weighted by Gasteiger charge is -2.30. The lowest BCUT2D eigenvalue weighted by atomic mass is 9.76. The van der Waals surface area contributed by atoms with Gasteiger partial charge in [-0.1, -0.05) is 61.3 Å². The van der Waals surface area contributed by atoms with Gasteiger partial charge in [0.1, 0.15) is 5.54 Å².